The van der Waals surface area contributed by atoms with Crippen LogP contribution in [0.5, 0.6) is 11.5 Å². The van der Waals surface area contributed by atoms with E-state index in [-0.39, 0.29) is 5.34 Å². The van der Waals surface area contributed by atoms with Gasteiger partial charge in [0.15, 0.2) is 12.6 Å². The number of carbonyl (C=O) groups is 2. The number of rotatable bonds is 4. The molecule has 0 saturated carbocycles. The first kappa shape index (κ1) is 24.0. The maximum Gasteiger partial charge on any atom is 0.152 e. The first-order valence-electron chi connectivity index (χ1n) is 6.97. The average Bonchev–Trinajstić information content (AvgIpc) is 2.64. The molecule has 2 aromatic rings. The van der Waals surface area contributed by atoms with Crippen LogP contribution < -0.4 is 20.9 Å². The lowest BCUT2D eigenvalue weighted by molar-refractivity contribution is 0.111. The summed E-state index contributed by atoms with van der Waals surface area (Å²) < 4.78 is 10.6. The van der Waals surface area contributed by atoms with E-state index in [1.807, 2.05) is 0 Å². The van der Waals surface area contributed by atoms with E-state index in [9.17, 15) is 9.59 Å². The van der Waals surface area contributed by atoms with Gasteiger partial charge in [-0.05, 0) is 34.1 Å². The number of ether oxygens (including phenoxy) is 2. The number of hydrogen-bond donors (Lipinski definition) is 2. The molecule has 0 aliphatic carbocycles. The average molecular weight is 466 g/mol. The van der Waals surface area contributed by atoms with Crippen LogP contribution in [0.15, 0.2) is 34.8 Å². The number of halogens is 3. The molecule has 0 atom stereocenters. The van der Waals surface area contributed by atoms with Gasteiger partial charge in [0.05, 0.1) is 24.0 Å². The predicted molar refractivity (Wildman–Crippen MR) is 110 cm³/mol. The molecule has 4 N–H and O–H groups in total. The molecular formula is C17H19BrCl2N2O4. The standard InChI is InChI=1S/C8H8BrNO2.C8H9NO2.CH2Cl2/c1-12-8-3-7(10)5(4-11)2-6(8)9;1-11-7-3-2-6(5-10)8(9)4-7;2-1-3/h2-4H,10H2,1H3;2-5H,9H2,1H3;1H2. The number of anilines is 2. The Kier molecular flexibility index (Phi) is 12.3. The number of nitrogen functional groups attached to an aromatic ring is 2. The van der Waals surface area contributed by atoms with Gasteiger partial charge in [0.1, 0.15) is 11.5 Å². The van der Waals surface area contributed by atoms with Crippen LogP contribution in [-0.2, 0) is 0 Å². The van der Waals surface area contributed by atoms with E-state index in [0.717, 1.165) is 10.8 Å². The van der Waals surface area contributed by atoms with E-state index in [1.165, 1.54) is 0 Å². The fraction of sp³-hybridized carbons (Fsp3) is 0.176. The molecule has 0 aromatic heterocycles. The van der Waals surface area contributed by atoms with E-state index >= 15 is 0 Å². The number of aldehydes is 2. The maximum absolute atomic E-state index is 10.4. The van der Waals surface area contributed by atoms with Gasteiger partial charge >= 0.3 is 0 Å². The first-order chi connectivity index (χ1) is 12.4. The Balaban J connectivity index is 0.000000419. The summed E-state index contributed by atoms with van der Waals surface area (Å²) in [6.07, 6.45) is 1.42. The molecule has 0 spiro atoms. The van der Waals surface area contributed by atoms with Crippen molar-refractivity contribution in [3.63, 3.8) is 0 Å². The molecule has 2 aromatic carbocycles. The third-order valence-corrected chi connectivity index (χ3v) is 3.53. The van der Waals surface area contributed by atoms with Crippen molar-refractivity contribution in [2.24, 2.45) is 0 Å². The Morgan fingerprint density at radius 3 is 1.92 bits per heavy atom. The topological polar surface area (TPSA) is 105 Å². The van der Waals surface area contributed by atoms with Gasteiger partial charge in [-0.25, -0.2) is 0 Å². The molecule has 0 amide bonds. The van der Waals surface area contributed by atoms with Crippen molar-refractivity contribution in [3.05, 3.63) is 45.9 Å². The van der Waals surface area contributed by atoms with Gasteiger partial charge in [0.25, 0.3) is 0 Å². The van der Waals surface area contributed by atoms with Gasteiger partial charge in [-0.3, -0.25) is 9.59 Å². The Bertz CT molecular complexity index is 730. The zero-order valence-corrected chi connectivity index (χ0v) is 17.3. The van der Waals surface area contributed by atoms with Gasteiger partial charge in [-0.1, -0.05) is 0 Å². The van der Waals surface area contributed by atoms with Crippen molar-refractivity contribution in [2.75, 3.05) is 31.0 Å². The van der Waals surface area contributed by atoms with Crippen molar-refractivity contribution in [1.82, 2.24) is 0 Å². The summed E-state index contributed by atoms with van der Waals surface area (Å²) in [5.74, 6) is 1.28. The van der Waals surface area contributed by atoms with E-state index in [4.69, 9.17) is 44.1 Å². The van der Waals surface area contributed by atoms with E-state index in [0.29, 0.717) is 40.3 Å². The molecule has 0 fully saturated rings. The molecule has 0 aliphatic heterocycles. The minimum Gasteiger partial charge on any atom is -0.497 e. The smallest absolute Gasteiger partial charge is 0.152 e. The van der Waals surface area contributed by atoms with Crippen LogP contribution in [0, 0.1) is 0 Å². The minimum absolute atomic E-state index is 0.194. The summed E-state index contributed by atoms with van der Waals surface area (Å²) in [7, 11) is 3.09. The van der Waals surface area contributed by atoms with Gasteiger partial charge in [0, 0.05) is 34.6 Å². The van der Waals surface area contributed by atoms with Crippen LogP contribution in [0.25, 0.3) is 0 Å². The highest BCUT2D eigenvalue weighted by molar-refractivity contribution is 9.10. The second kappa shape index (κ2) is 13.3. The molecule has 2 rings (SSSR count). The normalized spacial score (nSPS) is 8.96. The predicted octanol–water partition coefficient (Wildman–Crippen LogP) is 4.36. The first-order valence-corrected chi connectivity index (χ1v) is 8.83. The molecule has 0 bridgehead atoms. The van der Waals surface area contributed by atoms with Crippen molar-refractivity contribution in [2.45, 2.75) is 0 Å². The van der Waals surface area contributed by atoms with Gasteiger partial charge in [-0.15, -0.1) is 23.2 Å². The fourth-order valence-electron chi connectivity index (χ4n) is 1.63. The third kappa shape index (κ3) is 7.95. The summed E-state index contributed by atoms with van der Waals surface area (Å²) in [6.45, 7) is 0. The van der Waals surface area contributed by atoms with E-state index < -0.39 is 0 Å². The summed E-state index contributed by atoms with van der Waals surface area (Å²) in [5, 5.41) is 0.194. The van der Waals surface area contributed by atoms with Crippen LogP contribution in [0.3, 0.4) is 0 Å². The van der Waals surface area contributed by atoms with Crippen molar-refractivity contribution < 1.29 is 19.1 Å². The van der Waals surface area contributed by atoms with Gasteiger partial charge in [-0.2, -0.15) is 0 Å². The molecular weight excluding hydrogens is 447 g/mol. The van der Waals surface area contributed by atoms with Crippen molar-refractivity contribution in [1.29, 1.82) is 0 Å². The quantitative estimate of drug-likeness (QED) is 0.394. The number of carbonyl (C=O) groups excluding carboxylic acids is 2. The number of nitrogens with two attached hydrogens (primary N) is 2. The number of alkyl halides is 2. The molecule has 142 valence electrons. The van der Waals surface area contributed by atoms with Crippen LogP contribution in [0.1, 0.15) is 20.7 Å². The lowest BCUT2D eigenvalue weighted by Gasteiger charge is -2.05. The SMILES string of the molecule is COc1cc(N)c(C=O)cc1Br.COc1ccc(C=O)c(N)c1.ClCCl. The molecule has 0 radical (unpaired) electrons. The number of hydrogen-bond acceptors (Lipinski definition) is 6. The van der Waals surface area contributed by atoms with Crippen molar-refractivity contribution >= 4 is 63.1 Å². The summed E-state index contributed by atoms with van der Waals surface area (Å²) in [4.78, 5) is 20.7. The molecule has 0 saturated heterocycles. The largest absolute Gasteiger partial charge is 0.497 e. The molecule has 0 heterocycles. The Morgan fingerprint density at radius 1 is 0.962 bits per heavy atom. The lowest BCUT2D eigenvalue weighted by atomic mass is 10.2. The van der Waals surface area contributed by atoms with Crippen LogP contribution >= 0.6 is 39.1 Å². The summed E-state index contributed by atoms with van der Waals surface area (Å²) >= 11 is 12.8. The number of benzene rings is 2. The second-order valence-corrected chi connectivity index (χ2v) is 6.11. The third-order valence-electron chi connectivity index (χ3n) is 2.91. The zero-order chi connectivity index (χ0) is 20.1. The summed E-state index contributed by atoms with van der Waals surface area (Å²) in [6, 6.07) is 8.17. The molecule has 6 nitrogen and oxygen atoms in total. The lowest BCUT2D eigenvalue weighted by Crippen LogP contribution is -1.94. The highest BCUT2D eigenvalue weighted by Crippen LogP contribution is 2.28. The van der Waals surface area contributed by atoms with Gasteiger partial charge < -0.3 is 20.9 Å². The van der Waals surface area contributed by atoms with Crippen LogP contribution in [0.4, 0.5) is 11.4 Å². The summed E-state index contributed by atoms with van der Waals surface area (Å²) in [5.41, 5.74) is 12.9. The van der Waals surface area contributed by atoms with Crippen LogP contribution in [-0.4, -0.2) is 32.1 Å². The maximum atomic E-state index is 10.4. The Labute approximate surface area is 170 Å². The number of methoxy groups -OCH3 is 2. The molecule has 0 unspecified atom stereocenters. The van der Waals surface area contributed by atoms with Crippen molar-refractivity contribution in [3.8, 4) is 11.5 Å². The van der Waals surface area contributed by atoms with E-state index in [1.54, 1.807) is 44.6 Å². The van der Waals surface area contributed by atoms with Crippen LogP contribution in [0.2, 0.25) is 0 Å². The molecule has 0 aliphatic rings. The van der Waals surface area contributed by atoms with E-state index in [2.05, 4.69) is 15.9 Å². The molecule has 9 heteroatoms. The highest BCUT2D eigenvalue weighted by atomic mass is 79.9. The Hall–Kier alpha value is -1.96. The molecule has 26 heavy (non-hydrogen) atoms. The zero-order valence-electron chi connectivity index (χ0n) is 14.2. The Morgan fingerprint density at radius 2 is 1.50 bits per heavy atom. The van der Waals surface area contributed by atoms with Gasteiger partial charge in [0.2, 0.25) is 0 Å². The minimum atomic E-state index is 0.194. The highest BCUT2D eigenvalue weighted by Gasteiger charge is 2.04. The second-order valence-electron chi connectivity index (χ2n) is 4.45. The fourth-order valence-corrected chi connectivity index (χ4v) is 2.15. The monoisotopic (exact) mass is 464 g/mol.